The first-order chi connectivity index (χ1) is 14.2. The number of hydrogen-bond acceptors (Lipinski definition) is 6. The minimum atomic E-state index is -4.73. The van der Waals surface area contributed by atoms with E-state index in [4.69, 9.17) is 16.3 Å². The van der Waals surface area contributed by atoms with Gasteiger partial charge in [0.1, 0.15) is 22.9 Å². The highest BCUT2D eigenvalue weighted by molar-refractivity contribution is 6.33. The van der Waals surface area contributed by atoms with Crippen molar-refractivity contribution < 1.29 is 22.3 Å². The van der Waals surface area contributed by atoms with Gasteiger partial charge < -0.3 is 9.64 Å². The third-order valence-corrected chi connectivity index (χ3v) is 4.91. The second kappa shape index (κ2) is 7.56. The van der Waals surface area contributed by atoms with Crippen molar-refractivity contribution in [2.45, 2.75) is 19.1 Å². The van der Waals surface area contributed by atoms with E-state index >= 15 is 0 Å². The molecule has 1 aromatic carbocycles. The van der Waals surface area contributed by atoms with Crippen LogP contribution in [-0.2, 0) is 19.1 Å². The monoisotopic (exact) mass is 441 g/mol. The molecule has 3 aromatic rings. The minimum absolute atomic E-state index is 0.0337. The molecule has 0 saturated heterocycles. The number of anilines is 1. The van der Waals surface area contributed by atoms with E-state index in [1.54, 1.807) is 4.90 Å². The number of ether oxygens (including phenoxy) is 1. The van der Waals surface area contributed by atoms with E-state index in [1.807, 2.05) is 0 Å². The van der Waals surface area contributed by atoms with Crippen molar-refractivity contribution in [3.63, 3.8) is 0 Å². The van der Waals surface area contributed by atoms with E-state index in [0.29, 0.717) is 48.1 Å². The van der Waals surface area contributed by atoms with Crippen LogP contribution in [0.15, 0.2) is 35.5 Å². The summed E-state index contributed by atoms with van der Waals surface area (Å²) in [4.78, 5) is 21.5. The zero-order valence-corrected chi connectivity index (χ0v) is 15.8. The zero-order chi connectivity index (χ0) is 21.5. The summed E-state index contributed by atoms with van der Waals surface area (Å²) < 4.78 is 58.7. The molecule has 4 rings (SSSR count). The van der Waals surface area contributed by atoms with E-state index < -0.39 is 28.9 Å². The van der Waals surface area contributed by atoms with Crippen LogP contribution in [0.5, 0.6) is 11.6 Å². The van der Waals surface area contributed by atoms with Crippen molar-refractivity contribution in [1.29, 1.82) is 0 Å². The fourth-order valence-electron chi connectivity index (χ4n) is 3.13. The third kappa shape index (κ3) is 3.80. The predicted octanol–water partition coefficient (Wildman–Crippen LogP) is 3.73. The molecule has 0 radical (unpaired) electrons. The summed E-state index contributed by atoms with van der Waals surface area (Å²) in [6.07, 6.45) is -1.89. The fraction of sp³-hybridized carbons (Fsp3) is 0.222. The van der Waals surface area contributed by atoms with Gasteiger partial charge in [0.2, 0.25) is 5.88 Å². The molecule has 30 heavy (non-hydrogen) atoms. The first-order valence-electron chi connectivity index (χ1n) is 8.59. The van der Waals surface area contributed by atoms with Crippen molar-refractivity contribution in [2.75, 3.05) is 11.4 Å². The number of nitrogens with zero attached hydrogens (tertiary/aromatic N) is 4. The van der Waals surface area contributed by atoms with Crippen LogP contribution in [-0.4, -0.2) is 26.7 Å². The summed E-state index contributed by atoms with van der Waals surface area (Å²) >= 11 is 6.04. The molecule has 0 aliphatic carbocycles. The average Bonchev–Trinajstić information content (AvgIpc) is 2.69. The van der Waals surface area contributed by atoms with E-state index in [0.717, 1.165) is 6.33 Å². The number of rotatable bonds is 3. The number of hydrogen-bond donors (Lipinski definition) is 1. The van der Waals surface area contributed by atoms with Crippen molar-refractivity contribution in [1.82, 2.24) is 20.2 Å². The van der Waals surface area contributed by atoms with Gasteiger partial charge in [-0.1, -0.05) is 11.6 Å². The molecule has 7 nitrogen and oxygen atoms in total. The molecule has 0 saturated carbocycles. The maximum Gasteiger partial charge on any atom is 0.419 e. The smallest absolute Gasteiger partial charge is 0.419 e. The Balaban J connectivity index is 1.67. The number of alkyl halides is 3. The number of benzene rings is 1. The van der Waals surface area contributed by atoms with Crippen LogP contribution in [0.25, 0.3) is 0 Å². The zero-order valence-electron chi connectivity index (χ0n) is 15.0. The van der Waals surface area contributed by atoms with Gasteiger partial charge in [0.25, 0.3) is 5.56 Å². The first kappa shape index (κ1) is 20.1. The second-order valence-electron chi connectivity index (χ2n) is 6.41. The third-order valence-electron chi connectivity index (χ3n) is 4.54. The number of nitrogens with one attached hydrogen (secondary N) is 1. The largest absolute Gasteiger partial charge is 0.438 e. The molecular formula is C18H12ClF4N5O2. The molecule has 2 aromatic heterocycles. The predicted molar refractivity (Wildman–Crippen MR) is 98.1 cm³/mol. The molecule has 0 amide bonds. The van der Waals surface area contributed by atoms with Crippen LogP contribution < -0.4 is 15.2 Å². The average molecular weight is 442 g/mol. The fourth-order valence-corrected chi connectivity index (χ4v) is 3.34. The quantitative estimate of drug-likeness (QED) is 0.624. The molecule has 1 aliphatic rings. The highest BCUT2D eigenvalue weighted by atomic mass is 35.5. The molecule has 1 N–H and O–H groups in total. The Bertz CT molecular complexity index is 1170. The van der Waals surface area contributed by atoms with Gasteiger partial charge in [0.15, 0.2) is 0 Å². The van der Waals surface area contributed by atoms with Gasteiger partial charge in [-0.05, 0) is 18.6 Å². The SMILES string of the molecule is O=c1[nH]ncc(N2CCc3c(ncnc3Oc3cc(F)ccc3C(F)(F)F)C2)c1Cl. The lowest BCUT2D eigenvalue weighted by atomic mass is 10.1. The summed E-state index contributed by atoms with van der Waals surface area (Å²) in [5, 5.41) is 5.92. The Morgan fingerprint density at radius 2 is 2.03 bits per heavy atom. The van der Waals surface area contributed by atoms with E-state index in [-0.39, 0.29) is 17.4 Å². The van der Waals surface area contributed by atoms with E-state index in [2.05, 4.69) is 20.2 Å². The maximum absolute atomic E-state index is 13.6. The molecule has 0 unspecified atom stereocenters. The van der Waals surface area contributed by atoms with Gasteiger partial charge in [-0.15, -0.1) is 0 Å². The number of H-pyrrole nitrogens is 1. The highest BCUT2D eigenvalue weighted by Gasteiger charge is 2.35. The molecule has 0 fully saturated rings. The lowest BCUT2D eigenvalue weighted by Gasteiger charge is -2.30. The summed E-state index contributed by atoms with van der Waals surface area (Å²) in [6, 6.07) is 1.98. The van der Waals surface area contributed by atoms with Crippen molar-refractivity contribution in [3.05, 3.63) is 68.7 Å². The lowest BCUT2D eigenvalue weighted by molar-refractivity contribution is -0.138. The van der Waals surface area contributed by atoms with Crippen LogP contribution in [0.2, 0.25) is 5.02 Å². The summed E-state index contributed by atoms with van der Waals surface area (Å²) in [6.45, 7) is 0.561. The molecule has 0 atom stereocenters. The van der Waals surface area contributed by atoms with Crippen LogP contribution in [0.3, 0.4) is 0 Å². The van der Waals surface area contributed by atoms with Gasteiger partial charge in [0, 0.05) is 18.2 Å². The molecule has 1 aliphatic heterocycles. The summed E-state index contributed by atoms with van der Waals surface area (Å²) in [5.41, 5.74) is -0.295. The van der Waals surface area contributed by atoms with Crippen molar-refractivity contribution >= 4 is 17.3 Å². The van der Waals surface area contributed by atoms with Gasteiger partial charge >= 0.3 is 6.18 Å². The van der Waals surface area contributed by atoms with Crippen LogP contribution >= 0.6 is 11.6 Å². The number of halogens is 5. The number of fused-ring (bicyclic) bond motifs is 1. The van der Waals surface area contributed by atoms with Crippen LogP contribution in [0, 0.1) is 5.82 Å². The standard InChI is InChI=1S/C18H12ClF4N5O2/c19-15-13(6-26-27-16(15)29)28-4-3-10-12(7-28)24-8-25-17(10)30-14-5-9(20)1-2-11(14)18(21,22)23/h1-2,5-6,8H,3-4,7H2,(H,27,29). The Morgan fingerprint density at radius 3 is 2.80 bits per heavy atom. The number of aromatic nitrogens is 4. The van der Waals surface area contributed by atoms with E-state index in [1.165, 1.54) is 6.20 Å². The van der Waals surface area contributed by atoms with Crippen molar-refractivity contribution in [3.8, 4) is 11.6 Å². The van der Waals surface area contributed by atoms with Gasteiger partial charge in [-0.25, -0.2) is 19.5 Å². The molecule has 0 spiro atoms. The minimum Gasteiger partial charge on any atom is -0.438 e. The summed E-state index contributed by atoms with van der Waals surface area (Å²) in [7, 11) is 0. The molecule has 3 heterocycles. The maximum atomic E-state index is 13.6. The lowest BCUT2D eigenvalue weighted by Crippen LogP contribution is -2.33. The Hall–Kier alpha value is -3.21. The first-order valence-corrected chi connectivity index (χ1v) is 8.97. The van der Waals surface area contributed by atoms with Gasteiger partial charge in [-0.3, -0.25) is 4.79 Å². The Labute approximate surface area is 171 Å². The summed E-state index contributed by atoms with van der Waals surface area (Å²) in [5.74, 6) is -1.65. The molecule has 0 bridgehead atoms. The Morgan fingerprint density at radius 1 is 1.23 bits per heavy atom. The molecular weight excluding hydrogens is 430 g/mol. The van der Waals surface area contributed by atoms with Gasteiger partial charge in [-0.2, -0.15) is 18.3 Å². The normalized spacial score (nSPS) is 13.8. The van der Waals surface area contributed by atoms with Crippen molar-refractivity contribution in [2.24, 2.45) is 0 Å². The molecule has 156 valence electrons. The van der Waals surface area contributed by atoms with Crippen LogP contribution in [0.1, 0.15) is 16.8 Å². The number of aromatic amines is 1. The molecule has 12 heteroatoms. The topological polar surface area (TPSA) is 84.0 Å². The van der Waals surface area contributed by atoms with E-state index in [9.17, 15) is 22.4 Å². The van der Waals surface area contributed by atoms with Crippen LogP contribution in [0.4, 0.5) is 23.2 Å². The Kier molecular flexibility index (Phi) is 5.06. The van der Waals surface area contributed by atoms with Gasteiger partial charge in [0.05, 0.1) is 29.7 Å². The highest BCUT2D eigenvalue weighted by Crippen LogP contribution is 2.39. The second-order valence-corrected chi connectivity index (χ2v) is 6.79.